The fourth-order valence-electron chi connectivity index (χ4n) is 0.402. The zero-order chi connectivity index (χ0) is 12.6. The number of nitrogens with two attached hydrogens (primary N) is 1. The van der Waals surface area contributed by atoms with E-state index in [-0.39, 0.29) is 12.8 Å². The van der Waals surface area contributed by atoms with Gasteiger partial charge in [-0.3, -0.25) is 9.59 Å². The molecule has 90 valence electrons. The summed E-state index contributed by atoms with van der Waals surface area (Å²) in [6.45, 7) is 0. The van der Waals surface area contributed by atoms with E-state index in [2.05, 4.69) is 0 Å². The SMILES string of the molecule is F[B-](F)(F)F.N[C@@H](CCC(=O)O)C(=O)O. The van der Waals surface area contributed by atoms with Crippen molar-refractivity contribution in [3.63, 3.8) is 0 Å². The number of rotatable bonds is 4. The molecule has 0 aliphatic carbocycles. The van der Waals surface area contributed by atoms with Gasteiger partial charge in [0, 0.05) is 6.42 Å². The highest BCUT2D eigenvalue weighted by Gasteiger charge is 2.20. The van der Waals surface area contributed by atoms with Crippen molar-refractivity contribution in [3.05, 3.63) is 0 Å². The summed E-state index contributed by atoms with van der Waals surface area (Å²) in [5.41, 5.74) is 5.00. The summed E-state index contributed by atoms with van der Waals surface area (Å²) < 4.78 is 39.0. The zero-order valence-corrected chi connectivity index (χ0v) is 7.37. The maximum Gasteiger partial charge on any atom is 0.673 e. The molecule has 0 rings (SSSR count). The first kappa shape index (κ1) is 16.1. The minimum absolute atomic E-state index is 0.0231. The zero-order valence-electron chi connectivity index (χ0n) is 7.37. The summed E-state index contributed by atoms with van der Waals surface area (Å²) >= 11 is 0. The van der Waals surface area contributed by atoms with Gasteiger partial charge < -0.3 is 33.2 Å². The molecule has 15 heavy (non-hydrogen) atoms. The molecule has 5 nitrogen and oxygen atoms in total. The van der Waals surface area contributed by atoms with Crippen LogP contribution in [0.4, 0.5) is 17.3 Å². The number of hydrogen-bond acceptors (Lipinski definition) is 3. The Bertz CT molecular complexity index is 216. The van der Waals surface area contributed by atoms with Gasteiger partial charge in [0.15, 0.2) is 0 Å². The lowest BCUT2D eigenvalue weighted by Gasteiger charge is -2.01. The Labute approximate surface area is 82.0 Å². The van der Waals surface area contributed by atoms with Crippen LogP contribution in [0.1, 0.15) is 12.8 Å². The second-order valence-electron chi connectivity index (χ2n) is 2.37. The van der Waals surface area contributed by atoms with E-state index in [1.165, 1.54) is 0 Å². The van der Waals surface area contributed by atoms with Crippen molar-refractivity contribution in [2.24, 2.45) is 5.73 Å². The number of aliphatic carboxylic acids is 2. The number of carboxylic acid groups (broad SMARTS) is 2. The van der Waals surface area contributed by atoms with E-state index >= 15 is 0 Å². The average molecular weight is 234 g/mol. The summed E-state index contributed by atoms with van der Waals surface area (Å²) in [6, 6.07) is -1.06. The molecule has 1 atom stereocenters. The quantitative estimate of drug-likeness (QED) is 0.487. The van der Waals surface area contributed by atoms with Gasteiger partial charge in [0.2, 0.25) is 0 Å². The van der Waals surface area contributed by atoms with Crippen LogP contribution < -0.4 is 5.73 Å². The van der Waals surface area contributed by atoms with Crippen LogP contribution in [0.3, 0.4) is 0 Å². The largest absolute Gasteiger partial charge is 0.673 e. The molecular formula is C5H9BF4NO4-. The highest BCUT2D eigenvalue weighted by Crippen LogP contribution is 2.06. The summed E-state index contributed by atoms with van der Waals surface area (Å²) in [4.78, 5) is 19.9. The Morgan fingerprint density at radius 3 is 1.73 bits per heavy atom. The highest BCUT2D eigenvalue weighted by atomic mass is 19.5. The Balaban J connectivity index is 0. The summed E-state index contributed by atoms with van der Waals surface area (Å²) in [7, 11) is -6.00. The number of hydrogen-bond donors (Lipinski definition) is 3. The maximum atomic E-state index is 9.99. The van der Waals surface area contributed by atoms with Crippen LogP contribution >= 0.6 is 0 Å². The molecule has 0 saturated carbocycles. The first-order valence-corrected chi connectivity index (χ1v) is 3.61. The number of carboxylic acids is 2. The predicted molar refractivity (Wildman–Crippen MR) is 42.7 cm³/mol. The lowest BCUT2D eigenvalue weighted by atomic mass is 10.2. The van der Waals surface area contributed by atoms with Crippen molar-refractivity contribution < 1.29 is 37.1 Å². The number of carbonyl (C=O) groups is 2. The van der Waals surface area contributed by atoms with E-state index in [9.17, 15) is 26.9 Å². The molecule has 0 bridgehead atoms. The summed E-state index contributed by atoms with van der Waals surface area (Å²) in [6.07, 6.45) is -0.224. The first-order valence-electron chi connectivity index (χ1n) is 3.61. The molecule has 0 saturated heterocycles. The highest BCUT2D eigenvalue weighted by molar-refractivity contribution is 6.50. The molecule has 0 heterocycles. The number of halogens is 4. The third-order valence-electron chi connectivity index (χ3n) is 0.986. The van der Waals surface area contributed by atoms with Gasteiger partial charge in [-0.25, -0.2) is 0 Å². The van der Waals surface area contributed by atoms with Gasteiger partial charge in [-0.1, -0.05) is 0 Å². The third kappa shape index (κ3) is 24.5. The smallest absolute Gasteiger partial charge is 0.481 e. The molecule has 0 radical (unpaired) electrons. The fourth-order valence-corrected chi connectivity index (χ4v) is 0.402. The van der Waals surface area contributed by atoms with Crippen LogP contribution in [0, 0.1) is 0 Å². The molecular weight excluding hydrogens is 225 g/mol. The van der Waals surface area contributed by atoms with Gasteiger partial charge in [0.1, 0.15) is 6.04 Å². The van der Waals surface area contributed by atoms with E-state index < -0.39 is 25.2 Å². The minimum Gasteiger partial charge on any atom is -0.481 e. The van der Waals surface area contributed by atoms with Crippen LogP contribution in [0.25, 0.3) is 0 Å². The molecule has 0 aliphatic heterocycles. The van der Waals surface area contributed by atoms with Crippen molar-refractivity contribution in [3.8, 4) is 0 Å². The second kappa shape index (κ2) is 7.04. The Kier molecular flexibility index (Phi) is 7.57. The molecule has 10 heteroatoms. The van der Waals surface area contributed by atoms with E-state index in [1.54, 1.807) is 0 Å². The topological polar surface area (TPSA) is 101 Å². The molecule has 0 fully saturated rings. The van der Waals surface area contributed by atoms with Crippen LogP contribution in [0.15, 0.2) is 0 Å². The van der Waals surface area contributed by atoms with Crippen molar-refractivity contribution in [2.45, 2.75) is 18.9 Å². The van der Waals surface area contributed by atoms with E-state index in [0.717, 1.165) is 0 Å². The summed E-state index contributed by atoms with van der Waals surface area (Å²) in [5, 5.41) is 16.3. The lowest BCUT2D eigenvalue weighted by Crippen LogP contribution is -2.30. The standard InChI is InChI=1S/C5H9NO4.BF4/c6-3(5(9)10)1-2-4(7)8;2-1(3,4)5/h3H,1-2,6H2,(H,7,8)(H,9,10);/q;-1/t3-;/m0./s1. The molecule has 4 N–H and O–H groups in total. The van der Waals surface area contributed by atoms with Crippen LogP contribution in [-0.4, -0.2) is 35.4 Å². The normalized spacial score (nSPS) is 12.3. The van der Waals surface area contributed by atoms with Crippen LogP contribution in [-0.2, 0) is 9.59 Å². The van der Waals surface area contributed by atoms with Gasteiger partial charge >= 0.3 is 19.2 Å². The Morgan fingerprint density at radius 1 is 1.20 bits per heavy atom. The van der Waals surface area contributed by atoms with Gasteiger partial charge in [0.05, 0.1) is 0 Å². The van der Waals surface area contributed by atoms with Gasteiger partial charge in [-0.15, -0.1) is 0 Å². The molecule has 0 unspecified atom stereocenters. The predicted octanol–water partition coefficient (Wildman–Crippen LogP) is 0.563. The minimum atomic E-state index is -6.00. The van der Waals surface area contributed by atoms with Crippen molar-refractivity contribution >= 4 is 19.2 Å². The maximum absolute atomic E-state index is 9.99. The van der Waals surface area contributed by atoms with E-state index in [4.69, 9.17) is 15.9 Å². The average Bonchev–Trinajstić information content (AvgIpc) is 1.96. The molecule has 0 aromatic carbocycles. The third-order valence-corrected chi connectivity index (χ3v) is 0.986. The monoisotopic (exact) mass is 234 g/mol. The molecule has 0 spiro atoms. The van der Waals surface area contributed by atoms with Gasteiger partial charge in [-0.05, 0) is 6.42 Å². The summed E-state index contributed by atoms with van der Waals surface area (Å²) in [5.74, 6) is -2.20. The molecule has 0 aromatic rings. The second-order valence-corrected chi connectivity index (χ2v) is 2.37. The first-order chi connectivity index (χ1) is 6.54. The molecule has 0 aromatic heterocycles. The van der Waals surface area contributed by atoms with Crippen molar-refractivity contribution in [2.75, 3.05) is 0 Å². The van der Waals surface area contributed by atoms with Crippen molar-refractivity contribution in [1.29, 1.82) is 0 Å². The van der Waals surface area contributed by atoms with Crippen molar-refractivity contribution in [1.82, 2.24) is 0 Å². The fraction of sp³-hybridized carbons (Fsp3) is 0.600. The van der Waals surface area contributed by atoms with Crippen LogP contribution in [0.2, 0.25) is 0 Å². The van der Waals surface area contributed by atoms with Gasteiger partial charge in [-0.2, -0.15) is 0 Å². The van der Waals surface area contributed by atoms with E-state index in [0.29, 0.717) is 0 Å². The molecule has 0 aliphatic rings. The Hall–Kier alpha value is -1.32. The van der Waals surface area contributed by atoms with Gasteiger partial charge in [0.25, 0.3) is 0 Å². The van der Waals surface area contributed by atoms with Crippen LogP contribution in [0.5, 0.6) is 0 Å². The Morgan fingerprint density at radius 2 is 1.53 bits per heavy atom. The lowest BCUT2D eigenvalue weighted by molar-refractivity contribution is -0.139. The molecule has 0 amide bonds. The van der Waals surface area contributed by atoms with E-state index in [1.807, 2.05) is 0 Å².